The van der Waals surface area contributed by atoms with E-state index in [0.29, 0.717) is 28.0 Å². The van der Waals surface area contributed by atoms with Crippen molar-refractivity contribution in [1.82, 2.24) is 19.7 Å². The van der Waals surface area contributed by atoms with E-state index >= 15 is 0 Å². The monoisotopic (exact) mass is 435 g/mol. The second kappa shape index (κ2) is 8.85. The van der Waals surface area contributed by atoms with Crippen LogP contribution in [0.3, 0.4) is 0 Å². The summed E-state index contributed by atoms with van der Waals surface area (Å²) in [6.45, 7) is 1.76. The van der Waals surface area contributed by atoms with Gasteiger partial charge in [-0.15, -0.1) is 5.10 Å². The van der Waals surface area contributed by atoms with Crippen molar-refractivity contribution in [2.45, 2.75) is 6.92 Å². The molecule has 0 spiro atoms. The first-order valence-corrected chi connectivity index (χ1v) is 9.69. The van der Waals surface area contributed by atoms with Crippen LogP contribution in [-0.2, 0) is 0 Å². The number of nitrogens with zero attached hydrogens (tertiary/aromatic N) is 4. The van der Waals surface area contributed by atoms with Crippen molar-refractivity contribution >= 4 is 23.2 Å². The number of benzene rings is 2. The molecule has 31 heavy (non-hydrogen) atoms. The number of hydrogen-bond acceptors (Lipinski definition) is 6. The van der Waals surface area contributed by atoms with Gasteiger partial charge in [0.1, 0.15) is 23.0 Å². The first-order valence-electron chi connectivity index (χ1n) is 9.31. The zero-order valence-electron chi connectivity index (χ0n) is 16.7. The number of anilines is 1. The van der Waals surface area contributed by atoms with E-state index in [-0.39, 0.29) is 11.7 Å². The molecule has 0 aliphatic carbocycles. The number of carbonyl (C=O) groups excluding carboxylic acids is 1. The number of pyridine rings is 1. The lowest BCUT2D eigenvalue weighted by atomic mass is 10.3. The van der Waals surface area contributed by atoms with Crippen LogP contribution in [0.25, 0.3) is 5.69 Å². The molecule has 0 bridgehead atoms. The molecule has 8 nitrogen and oxygen atoms in total. The van der Waals surface area contributed by atoms with E-state index in [1.807, 2.05) is 0 Å². The van der Waals surface area contributed by atoms with Gasteiger partial charge in [-0.05, 0) is 67.6 Å². The highest BCUT2D eigenvalue weighted by molar-refractivity contribution is 6.30. The summed E-state index contributed by atoms with van der Waals surface area (Å²) in [6, 6.07) is 17.5. The van der Waals surface area contributed by atoms with E-state index in [0.717, 1.165) is 5.69 Å². The number of hydrogen-bond donors (Lipinski definition) is 1. The smallest absolute Gasteiger partial charge is 0.295 e. The van der Waals surface area contributed by atoms with Gasteiger partial charge in [-0.3, -0.25) is 4.79 Å². The fraction of sp³-hybridized carbons (Fsp3) is 0.0909. The molecule has 156 valence electrons. The third kappa shape index (κ3) is 4.65. The van der Waals surface area contributed by atoms with Crippen LogP contribution in [0, 0.1) is 6.92 Å². The minimum absolute atomic E-state index is 0.0201. The molecule has 4 aromatic rings. The van der Waals surface area contributed by atoms with Crippen LogP contribution in [0.2, 0.25) is 5.02 Å². The summed E-state index contributed by atoms with van der Waals surface area (Å²) in [5.74, 6) is 1.61. The van der Waals surface area contributed by atoms with Crippen LogP contribution in [0.5, 0.6) is 17.4 Å². The topological polar surface area (TPSA) is 91.2 Å². The number of amides is 1. The molecular formula is C22H18ClN5O3. The Kier molecular flexibility index (Phi) is 5.81. The predicted octanol–water partition coefficient (Wildman–Crippen LogP) is 4.68. The third-order valence-corrected chi connectivity index (χ3v) is 4.59. The third-order valence-electron chi connectivity index (χ3n) is 4.34. The molecule has 0 aliphatic heterocycles. The first kappa shape index (κ1) is 20.4. The Labute approximate surface area is 183 Å². The molecule has 0 unspecified atom stereocenters. The van der Waals surface area contributed by atoms with Crippen molar-refractivity contribution in [2.24, 2.45) is 0 Å². The zero-order valence-corrected chi connectivity index (χ0v) is 17.5. The largest absolute Gasteiger partial charge is 0.497 e. The number of ether oxygens (including phenoxy) is 2. The summed E-state index contributed by atoms with van der Waals surface area (Å²) in [5, 5.41) is 7.69. The van der Waals surface area contributed by atoms with Gasteiger partial charge < -0.3 is 14.8 Å². The number of halogens is 1. The molecule has 0 saturated carbocycles. The molecule has 0 radical (unpaired) electrons. The van der Waals surface area contributed by atoms with Crippen LogP contribution >= 0.6 is 11.6 Å². The molecule has 4 rings (SSSR count). The Morgan fingerprint density at radius 2 is 1.74 bits per heavy atom. The molecule has 0 fully saturated rings. The van der Waals surface area contributed by atoms with Crippen LogP contribution in [0.1, 0.15) is 16.4 Å². The quantitative estimate of drug-likeness (QED) is 0.473. The van der Waals surface area contributed by atoms with Gasteiger partial charge in [-0.25, -0.2) is 14.6 Å². The highest BCUT2D eigenvalue weighted by Gasteiger charge is 2.18. The number of carbonyl (C=O) groups is 1. The second-order valence-electron chi connectivity index (χ2n) is 6.46. The number of aromatic nitrogens is 4. The Bertz CT molecular complexity index is 1210. The average molecular weight is 436 g/mol. The van der Waals surface area contributed by atoms with Gasteiger partial charge in [0.05, 0.1) is 12.8 Å². The molecule has 2 heterocycles. The van der Waals surface area contributed by atoms with Gasteiger partial charge in [0.2, 0.25) is 11.7 Å². The van der Waals surface area contributed by atoms with E-state index < -0.39 is 5.91 Å². The minimum Gasteiger partial charge on any atom is -0.497 e. The fourth-order valence-electron chi connectivity index (χ4n) is 2.81. The molecule has 9 heteroatoms. The van der Waals surface area contributed by atoms with E-state index in [9.17, 15) is 4.79 Å². The fourth-order valence-corrected chi connectivity index (χ4v) is 2.94. The standard InChI is InChI=1S/C22H18ClN5O3/c1-14-25-20(27-28(14)16-7-5-15(23)6-8-16)21(29)26-19-4-3-13-24-22(19)31-18-11-9-17(30-2)10-12-18/h3-13H,1-2H3,(H,26,29). The summed E-state index contributed by atoms with van der Waals surface area (Å²) >= 11 is 5.94. The summed E-state index contributed by atoms with van der Waals surface area (Å²) in [7, 11) is 1.59. The second-order valence-corrected chi connectivity index (χ2v) is 6.90. The normalized spacial score (nSPS) is 10.5. The molecule has 0 saturated heterocycles. The zero-order chi connectivity index (χ0) is 21.8. The van der Waals surface area contributed by atoms with Crippen LogP contribution in [0.15, 0.2) is 66.9 Å². The van der Waals surface area contributed by atoms with Gasteiger partial charge in [-0.1, -0.05) is 11.6 Å². The SMILES string of the molecule is COc1ccc(Oc2ncccc2NC(=O)c2nc(C)n(-c3ccc(Cl)cc3)n2)cc1. The van der Waals surface area contributed by atoms with Crippen molar-refractivity contribution in [3.63, 3.8) is 0 Å². The van der Waals surface area contributed by atoms with Crippen molar-refractivity contribution < 1.29 is 14.3 Å². The van der Waals surface area contributed by atoms with E-state index in [2.05, 4.69) is 20.4 Å². The summed E-state index contributed by atoms with van der Waals surface area (Å²) in [4.78, 5) is 21.3. The molecule has 0 atom stereocenters. The van der Waals surface area contributed by atoms with Crippen molar-refractivity contribution in [3.8, 4) is 23.1 Å². The molecule has 1 N–H and O–H groups in total. The number of methoxy groups -OCH3 is 1. The highest BCUT2D eigenvalue weighted by Crippen LogP contribution is 2.28. The maximum atomic E-state index is 12.8. The Morgan fingerprint density at radius 3 is 2.45 bits per heavy atom. The van der Waals surface area contributed by atoms with Crippen molar-refractivity contribution in [1.29, 1.82) is 0 Å². The number of rotatable bonds is 6. The molecule has 2 aromatic carbocycles. The molecule has 1 amide bonds. The highest BCUT2D eigenvalue weighted by atomic mass is 35.5. The molecule has 0 aliphatic rings. The van der Waals surface area contributed by atoms with E-state index in [4.69, 9.17) is 21.1 Å². The molecule has 2 aromatic heterocycles. The van der Waals surface area contributed by atoms with E-state index in [1.54, 1.807) is 85.6 Å². The minimum atomic E-state index is -0.483. The van der Waals surface area contributed by atoms with Crippen LogP contribution < -0.4 is 14.8 Å². The summed E-state index contributed by atoms with van der Waals surface area (Å²) < 4.78 is 12.5. The van der Waals surface area contributed by atoms with Crippen LogP contribution in [-0.4, -0.2) is 32.8 Å². The Balaban J connectivity index is 1.54. The molecular weight excluding hydrogens is 418 g/mol. The Hall–Kier alpha value is -3.91. The lowest BCUT2D eigenvalue weighted by molar-refractivity contribution is 0.101. The first-order chi connectivity index (χ1) is 15.0. The van der Waals surface area contributed by atoms with E-state index in [1.165, 1.54) is 0 Å². The van der Waals surface area contributed by atoms with Gasteiger partial charge in [0.15, 0.2) is 0 Å². The lowest BCUT2D eigenvalue weighted by Crippen LogP contribution is -2.15. The maximum absolute atomic E-state index is 12.8. The predicted molar refractivity (Wildman–Crippen MR) is 116 cm³/mol. The summed E-state index contributed by atoms with van der Waals surface area (Å²) in [6.07, 6.45) is 1.58. The van der Waals surface area contributed by atoms with Crippen LogP contribution in [0.4, 0.5) is 5.69 Å². The average Bonchev–Trinajstić information content (AvgIpc) is 3.18. The Morgan fingerprint density at radius 1 is 1.03 bits per heavy atom. The summed E-state index contributed by atoms with van der Waals surface area (Å²) in [5.41, 5.74) is 1.14. The van der Waals surface area contributed by atoms with Crippen molar-refractivity contribution in [2.75, 3.05) is 12.4 Å². The lowest BCUT2D eigenvalue weighted by Gasteiger charge is -2.10. The van der Waals surface area contributed by atoms with Gasteiger partial charge in [-0.2, -0.15) is 0 Å². The van der Waals surface area contributed by atoms with Gasteiger partial charge in [0.25, 0.3) is 5.91 Å². The van der Waals surface area contributed by atoms with Gasteiger partial charge in [0, 0.05) is 11.2 Å². The number of aryl methyl sites for hydroxylation is 1. The van der Waals surface area contributed by atoms with Crippen molar-refractivity contribution in [3.05, 3.63) is 83.5 Å². The number of nitrogens with one attached hydrogen (secondary N) is 1. The maximum Gasteiger partial charge on any atom is 0.295 e. The van der Waals surface area contributed by atoms with Gasteiger partial charge >= 0.3 is 0 Å².